The molecule has 0 bridgehead atoms. The first-order valence-corrected chi connectivity index (χ1v) is 5.29. The third kappa shape index (κ3) is 1.71. The number of fused-ring (bicyclic) bond motifs is 1. The molecule has 2 fully saturated rings. The normalized spacial score (nSPS) is 36.7. The minimum absolute atomic E-state index is 0.187. The van der Waals surface area contributed by atoms with Gasteiger partial charge < -0.3 is 15.4 Å². The second-order valence-electron chi connectivity index (χ2n) is 4.47. The number of hydrogen-bond donors (Lipinski definition) is 1. The molecular weight excluding hydrogens is 180 g/mol. The smallest absolute Gasteiger partial charge is 0.409 e. The van der Waals surface area contributed by atoms with E-state index in [0.717, 1.165) is 25.9 Å². The standard InChI is InChI=1S/C10H18N2O2/c1-14-10(13)12-5-7-2-3-9(11)4-8(7)6-12/h7-9H,2-6,11H2,1H3/t7-,8+,9?/m1/s1. The maximum atomic E-state index is 11.3. The van der Waals surface area contributed by atoms with Crippen molar-refractivity contribution in [1.82, 2.24) is 4.90 Å². The molecule has 1 amide bonds. The van der Waals surface area contributed by atoms with E-state index in [1.165, 1.54) is 13.5 Å². The maximum Gasteiger partial charge on any atom is 0.409 e. The largest absolute Gasteiger partial charge is 0.453 e. The van der Waals surface area contributed by atoms with Crippen LogP contribution in [0.15, 0.2) is 0 Å². The van der Waals surface area contributed by atoms with Crippen molar-refractivity contribution in [3.63, 3.8) is 0 Å². The molecule has 4 nitrogen and oxygen atoms in total. The van der Waals surface area contributed by atoms with Crippen molar-refractivity contribution in [3.8, 4) is 0 Å². The van der Waals surface area contributed by atoms with Crippen molar-refractivity contribution in [2.24, 2.45) is 17.6 Å². The van der Waals surface area contributed by atoms with E-state index in [2.05, 4.69) is 0 Å². The second kappa shape index (κ2) is 3.77. The van der Waals surface area contributed by atoms with E-state index >= 15 is 0 Å². The average molecular weight is 198 g/mol. The van der Waals surface area contributed by atoms with Gasteiger partial charge in [-0.05, 0) is 31.1 Å². The Morgan fingerprint density at radius 1 is 1.36 bits per heavy atom. The maximum absolute atomic E-state index is 11.3. The van der Waals surface area contributed by atoms with Gasteiger partial charge in [-0.25, -0.2) is 4.79 Å². The molecule has 14 heavy (non-hydrogen) atoms. The minimum Gasteiger partial charge on any atom is -0.453 e. The van der Waals surface area contributed by atoms with Gasteiger partial charge in [0.15, 0.2) is 0 Å². The fraction of sp³-hybridized carbons (Fsp3) is 0.900. The Morgan fingerprint density at radius 2 is 2.07 bits per heavy atom. The number of carbonyl (C=O) groups is 1. The molecule has 1 aliphatic carbocycles. The third-order valence-corrected chi connectivity index (χ3v) is 3.52. The van der Waals surface area contributed by atoms with Gasteiger partial charge in [0.25, 0.3) is 0 Å². The molecule has 0 aromatic carbocycles. The summed E-state index contributed by atoms with van der Waals surface area (Å²) in [4.78, 5) is 13.1. The highest BCUT2D eigenvalue weighted by molar-refractivity contribution is 5.67. The molecule has 0 spiro atoms. The Kier molecular flexibility index (Phi) is 2.63. The van der Waals surface area contributed by atoms with Crippen molar-refractivity contribution in [2.45, 2.75) is 25.3 Å². The molecule has 0 radical (unpaired) electrons. The predicted molar refractivity (Wildman–Crippen MR) is 52.8 cm³/mol. The minimum atomic E-state index is -0.187. The molecule has 0 aromatic heterocycles. The highest BCUT2D eigenvalue weighted by Crippen LogP contribution is 2.35. The number of rotatable bonds is 0. The first-order valence-electron chi connectivity index (χ1n) is 5.29. The van der Waals surface area contributed by atoms with Crippen molar-refractivity contribution in [1.29, 1.82) is 0 Å². The monoisotopic (exact) mass is 198 g/mol. The van der Waals surface area contributed by atoms with Gasteiger partial charge in [0.05, 0.1) is 7.11 Å². The summed E-state index contributed by atoms with van der Waals surface area (Å²) >= 11 is 0. The van der Waals surface area contributed by atoms with Gasteiger partial charge in [-0.1, -0.05) is 0 Å². The number of carbonyl (C=O) groups excluding carboxylic acids is 1. The molecule has 2 rings (SSSR count). The van der Waals surface area contributed by atoms with Gasteiger partial charge in [0, 0.05) is 19.1 Å². The summed E-state index contributed by atoms with van der Waals surface area (Å²) in [6.45, 7) is 1.70. The highest BCUT2D eigenvalue weighted by atomic mass is 16.5. The summed E-state index contributed by atoms with van der Waals surface area (Å²) in [7, 11) is 1.44. The Balaban J connectivity index is 1.95. The molecule has 2 N–H and O–H groups in total. The SMILES string of the molecule is COC(=O)N1C[C@H]2CCC(N)C[C@H]2C1. The molecule has 3 atom stereocenters. The van der Waals surface area contributed by atoms with Gasteiger partial charge in [0.2, 0.25) is 0 Å². The van der Waals surface area contributed by atoms with Crippen LogP contribution < -0.4 is 5.73 Å². The molecule has 1 unspecified atom stereocenters. The van der Waals surface area contributed by atoms with E-state index in [0.29, 0.717) is 17.9 Å². The van der Waals surface area contributed by atoms with Gasteiger partial charge in [0.1, 0.15) is 0 Å². The van der Waals surface area contributed by atoms with Gasteiger partial charge in [-0.2, -0.15) is 0 Å². The van der Waals surface area contributed by atoms with Crippen LogP contribution in [0.4, 0.5) is 4.79 Å². The molecule has 0 aromatic rings. The zero-order chi connectivity index (χ0) is 10.1. The van der Waals surface area contributed by atoms with Crippen LogP contribution in [-0.4, -0.2) is 37.2 Å². The van der Waals surface area contributed by atoms with Gasteiger partial charge >= 0.3 is 6.09 Å². The van der Waals surface area contributed by atoms with Crippen molar-refractivity contribution in [3.05, 3.63) is 0 Å². The van der Waals surface area contributed by atoms with Gasteiger partial charge in [-0.3, -0.25) is 0 Å². The van der Waals surface area contributed by atoms with Crippen molar-refractivity contribution in [2.75, 3.05) is 20.2 Å². The summed E-state index contributed by atoms with van der Waals surface area (Å²) < 4.78 is 4.72. The van der Waals surface area contributed by atoms with Crippen LogP contribution in [0.25, 0.3) is 0 Å². The summed E-state index contributed by atoms with van der Waals surface area (Å²) in [6.07, 6.45) is 3.15. The van der Waals surface area contributed by atoms with Gasteiger partial charge in [-0.15, -0.1) is 0 Å². The second-order valence-corrected chi connectivity index (χ2v) is 4.47. The summed E-state index contributed by atoms with van der Waals surface area (Å²) in [5, 5.41) is 0. The molecule has 2 aliphatic rings. The first-order chi connectivity index (χ1) is 6.70. The molecular formula is C10H18N2O2. The Bertz CT molecular complexity index is 232. The average Bonchev–Trinajstić information content (AvgIpc) is 2.59. The van der Waals surface area contributed by atoms with Crippen molar-refractivity contribution < 1.29 is 9.53 Å². The number of nitrogens with zero attached hydrogens (tertiary/aromatic N) is 1. The fourth-order valence-electron chi connectivity index (χ4n) is 2.75. The van der Waals surface area contributed by atoms with E-state index in [-0.39, 0.29) is 6.09 Å². The number of hydrogen-bond acceptors (Lipinski definition) is 3. The van der Waals surface area contributed by atoms with E-state index in [1.807, 2.05) is 4.90 Å². The Morgan fingerprint density at radius 3 is 2.79 bits per heavy atom. The molecule has 1 saturated heterocycles. The highest BCUT2D eigenvalue weighted by Gasteiger charge is 2.38. The van der Waals surface area contributed by atoms with E-state index in [9.17, 15) is 4.79 Å². The van der Waals surface area contributed by atoms with Crippen LogP contribution in [0.1, 0.15) is 19.3 Å². The molecule has 1 heterocycles. The third-order valence-electron chi connectivity index (χ3n) is 3.52. The summed E-state index contributed by atoms with van der Waals surface area (Å²) in [5.74, 6) is 1.27. The number of nitrogens with two attached hydrogens (primary N) is 1. The lowest BCUT2D eigenvalue weighted by Gasteiger charge is -2.27. The van der Waals surface area contributed by atoms with Crippen LogP contribution in [0.2, 0.25) is 0 Å². The topological polar surface area (TPSA) is 55.6 Å². The van der Waals surface area contributed by atoms with E-state index in [1.54, 1.807) is 0 Å². The molecule has 1 saturated carbocycles. The van der Waals surface area contributed by atoms with E-state index < -0.39 is 0 Å². The van der Waals surface area contributed by atoms with Crippen LogP contribution in [0, 0.1) is 11.8 Å². The zero-order valence-corrected chi connectivity index (χ0v) is 8.61. The van der Waals surface area contributed by atoms with Crippen LogP contribution in [0.3, 0.4) is 0 Å². The van der Waals surface area contributed by atoms with Crippen LogP contribution >= 0.6 is 0 Å². The molecule has 1 aliphatic heterocycles. The lowest BCUT2D eigenvalue weighted by Crippen LogP contribution is -2.32. The van der Waals surface area contributed by atoms with E-state index in [4.69, 9.17) is 10.5 Å². The molecule has 4 heteroatoms. The summed E-state index contributed by atoms with van der Waals surface area (Å²) in [6, 6.07) is 0.342. The number of amides is 1. The predicted octanol–water partition coefficient (Wildman–Crippen LogP) is 0.812. The fourth-order valence-corrected chi connectivity index (χ4v) is 2.75. The lowest BCUT2D eigenvalue weighted by atomic mass is 9.79. The Hall–Kier alpha value is -0.770. The lowest BCUT2D eigenvalue weighted by molar-refractivity contribution is 0.131. The first kappa shape index (κ1) is 9.77. The number of methoxy groups -OCH3 is 1. The molecule has 80 valence electrons. The Labute approximate surface area is 84.4 Å². The van der Waals surface area contributed by atoms with Crippen molar-refractivity contribution >= 4 is 6.09 Å². The summed E-state index contributed by atoms with van der Waals surface area (Å²) in [5.41, 5.74) is 5.91. The number of likely N-dealkylation sites (tertiary alicyclic amines) is 1. The quantitative estimate of drug-likeness (QED) is 0.626. The number of ether oxygens (including phenoxy) is 1. The van der Waals surface area contributed by atoms with Crippen LogP contribution in [-0.2, 0) is 4.74 Å². The zero-order valence-electron chi connectivity index (χ0n) is 8.61. The van der Waals surface area contributed by atoms with Crippen LogP contribution in [0.5, 0.6) is 0 Å².